The second kappa shape index (κ2) is 7.30. The van der Waals surface area contributed by atoms with E-state index in [9.17, 15) is 13.2 Å². The number of hydrogen-bond acceptors (Lipinski definition) is 4. The van der Waals surface area contributed by atoms with Crippen molar-refractivity contribution in [1.29, 1.82) is 0 Å². The summed E-state index contributed by atoms with van der Waals surface area (Å²) >= 11 is 0. The first-order valence-electron chi connectivity index (χ1n) is 7.65. The van der Waals surface area contributed by atoms with Gasteiger partial charge in [-0.1, -0.05) is 24.3 Å². The van der Waals surface area contributed by atoms with E-state index in [1.54, 1.807) is 37.5 Å². The van der Waals surface area contributed by atoms with Gasteiger partial charge < -0.3 is 10.5 Å². The molecule has 5 nitrogen and oxygen atoms in total. The van der Waals surface area contributed by atoms with E-state index in [4.69, 9.17) is 10.5 Å². The van der Waals surface area contributed by atoms with Crippen molar-refractivity contribution in [2.45, 2.75) is 13.5 Å². The normalized spacial score (nSPS) is 11.2. The molecule has 1 aromatic heterocycles. The van der Waals surface area contributed by atoms with Gasteiger partial charge in [-0.2, -0.15) is 5.10 Å². The zero-order valence-corrected chi connectivity index (χ0v) is 13.8. The fraction of sp³-hybridized carbons (Fsp3) is 0.111. The summed E-state index contributed by atoms with van der Waals surface area (Å²) < 4.78 is 46.3. The van der Waals surface area contributed by atoms with Crippen molar-refractivity contribution in [2.75, 3.05) is 5.73 Å². The number of aromatic nitrogens is 2. The van der Waals surface area contributed by atoms with Gasteiger partial charge in [0.05, 0.1) is 18.1 Å². The lowest BCUT2D eigenvalue weighted by molar-refractivity contribution is 0.299. The standard InChI is InChI=1S/C18H15F3N4O/c1-11-9-25(18(22)24-11)23-8-12-4-2-3-5-13(12)10-26-14-6-15(19)17(21)16(20)7-14/h2-9H,10H2,1H3,(H2,22,24). The van der Waals surface area contributed by atoms with Crippen LogP contribution in [0.2, 0.25) is 0 Å². The minimum absolute atomic E-state index is 0.0190. The van der Waals surface area contributed by atoms with E-state index < -0.39 is 17.5 Å². The molecule has 26 heavy (non-hydrogen) atoms. The molecule has 1 heterocycles. The minimum Gasteiger partial charge on any atom is -0.489 e. The maximum atomic E-state index is 13.3. The predicted octanol–water partition coefficient (Wildman–Crippen LogP) is 3.65. The topological polar surface area (TPSA) is 65.4 Å². The number of hydrogen-bond donors (Lipinski definition) is 1. The number of nitrogens with zero attached hydrogens (tertiary/aromatic N) is 3. The molecule has 0 atom stereocenters. The Morgan fingerprint density at radius 1 is 1.19 bits per heavy atom. The summed E-state index contributed by atoms with van der Waals surface area (Å²) in [5.74, 6) is -3.99. The monoisotopic (exact) mass is 360 g/mol. The van der Waals surface area contributed by atoms with E-state index in [1.807, 2.05) is 6.07 Å². The molecule has 0 radical (unpaired) electrons. The highest BCUT2D eigenvalue weighted by molar-refractivity contribution is 5.81. The number of anilines is 1. The maximum Gasteiger partial charge on any atom is 0.221 e. The molecule has 3 rings (SSSR count). The van der Waals surface area contributed by atoms with Gasteiger partial charge in [0, 0.05) is 17.7 Å². The molecule has 0 saturated carbocycles. The molecule has 0 amide bonds. The van der Waals surface area contributed by atoms with Crippen LogP contribution in [0.1, 0.15) is 16.8 Å². The summed E-state index contributed by atoms with van der Waals surface area (Å²) in [5, 5.41) is 4.23. The number of benzene rings is 2. The summed E-state index contributed by atoms with van der Waals surface area (Å²) in [4.78, 5) is 4.05. The lowest BCUT2D eigenvalue weighted by Gasteiger charge is -2.09. The molecule has 3 aromatic rings. The van der Waals surface area contributed by atoms with Gasteiger partial charge in [0.2, 0.25) is 5.95 Å². The van der Waals surface area contributed by atoms with E-state index in [0.29, 0.717) is 0 Å². The van der Waals surface area contributed by atoms with Crippen LogP contribution in [-0.4, -0.2) is 15.9 Å². The Morgan fingerprint density at radius 2 is 1.88 bits per heavy atom. The van der Waals surface area contributed by atoms with Gasteiger partial charge >= 0.3 is 0 Å². The van der Waals surface area contributed by atoms with E-state index in [-0.39, 0.29) is 18.3 Å². The van der Waals surface area contributed by atoms with E-state index in [0.717, 1.165) is 29.0 Å². The second-order valence-electron chi connectivity index (χ2n) is 5.52. The smallest absolute Gasteiger partial charge is 0.221 e. The van der Waals surface area contributed by atoms with Crippen LogP contribution >= 0.6 is 0 Å². The van der Waals surface area contributed by atoms with Crippen molar-refractivity contribution in [2.24, 2.45) is 5.10 Å². The molecule has 0 bridgehead atoms. The minimum atomic E-state index is -1.53. The van der Waals surface area contributed by atoms with Crippen LogP contribution in [0.15, 0.2) is 47.7 Å². The molecule has 134 valence electrons. The van der Waals surface area contributed by atoms with Crippen molar-refractivity contribution >= 4 is 12.2 Å². The second-order valence-corrected chi connectivity index (χ2v) is 5.52. The Bertz CT molecular complexity index is 946. The summed E-state index contributed by atoms with van der Waals surface area (Å²) in [5.41, 5.74) is 7.91. The van der Waals surface area contributed by atoms with Gasteiger partial charge in [0.15, 0.2) is 17.5 Å². The van der Waals surface area contributed by atoms with Gasteiger partial charge in [-0.05, 0) is 12.5 Å². The van der Waals surface area contributed by atoms with Gasteiger partial charge in [-0.3, -0.25) is 0 Å². The average molecular weight is 360 g/mol. The Morgan fingerprint density at radius 3 is 2.54 bits per heavy atom. The largest absolute Gasteiger partial charge is 0.489 e. The molecular weight excluding hydrogens is 345 g/mol. The molecule has 8 heteroatoms. The van der Waals surface area contributed by atoms with Gasteiger partial charge in [0.25, 0.3) is 0 Å². The fourth-order valence-corrected chi connectivity index (χ4v) is 2.29. The molecular formula is C18H15F3N4O. The van der Waals surface area contributed by atoms with Crippen LogP contribution in [0.25, 0.3) is 0 Å². The molecule has 0 aliphatic rings. The number of nitrogens with two attached hydrogens (primary N) is 1. The number of rotatable bonds is 5. The van der Waals surface area contributed by atoms with Crippen LogP contribution in [0.4, 0.5) is 19.1 Å². The number of halogens is 3. The first kappa shape index (κ1) is 17.5. The molecule has 0 saturated heterocycles. The van der Waals surface area contributed by atoms with E-state index in [1.165, 1.54) is 4.68 Å². The molecule has 2 aromatic carbocycles. The third-order valence-electron chi connectivity index (χ3n) is 3.56. The SMILES string of the molecule is Cc1cn(N=Cc2ccccc2COc2cc(F)c(F)c(F)c2)c(N)n1. The Balaban J connectivity index is 1.78. The molecule has 0 unspecified atom stereocenters. The Kier molecular flexibility index (Phi) is 4.92. The molecule has 0 aliphatic carbocycles. The molecule has 2 N–H and O–H groups in total. The lowest BCUT2D eigenvalue weighted by Crippen LogP contribution is -2.02. The zero-order chi connectivity index (χ0) is 18.7. The third kappa shape index (κ3) is 3.85. The first-order chi connectivity index (χ1) is 12.4. The number of ether oxygens (including phenoxy) is 1. The van der Waals surface area contributed by atoms with Crippen molar-refractivity contribution in [3.8, 4) is 5.75 Å². The van der Waals surface area contributed by atoms with Gasteiger partial charge in [-0.15, -0.1) is 0 Å². The van der Waals surface area contributed by atoms with Crippen LogP contribution in [0.5, 0.6) is 5.75 Å². The summed E-state index contributed by atoms with van der Waals surface area (Å²) in [6.45, 7) is 1.82. The zero-order valence-electron chi connectivity index (χ0n) is 13.8. The highest BCUT2D eigenvalue weighted by Gasteiger charge is 2.11. The molecule has 0 spiro atoms. The van der Waals surface area contributed by atoms with Crippen LogP contribution in [-0.2, 0) is 6.61 Å². The number of aryl methyl sites for hydroxylation is 1. The van der Waals surface area contributed by atoms with Crippen LogP contribution in [0.3, 0.4) is 0 Å². The Hall–Kier alpha value is -3.29. The number of imidazole rings is 1. The van der Waals surface area contributed by atoms with Crippen LogP contribution < -0.4 is 10.5 Å². The maximum absolute atomic E-state index is 13.3. The van der Waals surface area contributed by atoms with Crippen molar-refractivity contribution in [3.63, 3.8) is 0 Å². The third-order valence-corrected chi connectivity index (χ3v) is 3.56. The fourth-order valence-electron chi connectivity index (χ4n) is 2.29. The lowest BCUT2D eigenvalue weighted by atomic mass is 10.1. The highest BCUT2D eigenvalue weighted by atomic mass is 19.2. The quantitative estimate of drug-likeness (QED) is 0.558. The van der Waals surface area contributed by atoms with E-state index >= 15 is 0 Å². The van der Waals surface area contributed by atoms with Crippen LogP contribution in [0, 0.1) is 24.4 Å². The van der Waals surface area contributed by atoms with E-state index in [2.05, 4.69) is 10.1 Å². The summed E-state index contributed by atoms with van der Waals surface area (Å²) in [6, 6.07) is 8.77. The molecule has 0 fully saturated rings. The molecule has 0 aliphatic heterocycles. The average Bonchev–Trinajstić information content (AvgIpc) is 2.94. The van der Waals surface area contributed by atoms with Gasteiger partial charge in [-0.25, -0.2) is 22.8 Å². The summed E-state index contributed by atoms with van der Waals surface area (Å²) in [7, 11) is 0. The first-order valence-corrected chi connectivity index (χ1v) is 7.65. The Labute approximate surface area is 147 Å². The predicted molar refractivity (Wildman–Crippen MR) is 91.5 cm³/mol. The van der Waals surface area contributed by atoms with Crippen molar-refractivity contribution < 1.29 is 17.9 Å². The highest BCUT2D eigenvalue weighted by Crippen LogP contribution is 2.21. The van der Waals surface area contributed by atoms with Crippen molar-refractivity contribution in [3.05, 3.63) is 76.9 Å². The van der Waals surface area contributed by atoms with Crippen molar-refractivity contribution in [1.82, 2.24) is 9.66 Å². The summed E-state index contributed by atoms with van der Waals surface area (Å²) in [6.07, 6.45) is 3.25. The van der Waals surface area contributed by atoms with Gasteiger partial charge in [0.1, 0.15) is 12.4 Å². The number of nitrogen functional groups attached to an aromatic ring is 1.